The van der Waals surface area contributed by atoms with Gasteiger partial charge in [0.1, 0.15) is 6.26 Å². The van der Waals surface area contributed by atoms with Gasteiger partial charge in [-0.3, -0.25) is 14.4 Å². The number of hydrogen-bond donors (Lipinski definition) is 3. The number of carbonyl (C=O) groups is 3. The van der Waals surface area contributed by atoms with Gasteiger partial charge in [-0.15, -0.1) is 0 Å². The van der Waals surface area contributed by atoms with Gasteiger partial charge in [0, 0.05) is 22.6 Å². The van der Waals surface area contributed by atoms with Gasteiger partial charge in [-0.05, 0) is 60.7 Å². The highest BCUT2D eigenvalue weighted by Gasteiger charge is 2.11. The van der Waals surface area contributed by atoms with Crippen LogP contribution in [0.2, 0.25) is 0 Å². The molecule has 0 bridgehead atoms. The summed E-state index contributed by atoms with van der Waals surface area (Å²) in [7, 11) is 0. The first-order chi connectivity index (χ1) is 15.1. The van der Waals surface area contributed by atoms with Crippen molar-refractivity contribution in [3.63, 3.8) is 0 Å². The Kier molecular flexibility index (Phi) is 5.62. The van der Waals surface area contributed by atoms with Gasteiger partial charge < -0.3 is 24.8 Å². The van der Waals surface area contributed by atoms with E-state index in [1.165, 1.54) is 18.8 Å². The summed E-state index contributed by atoms with van der Waals surface area (Å²) in [6, 6.07) is 18.0. The molecule has 0 aliphatic rings. The Bertz CT molecular complexity index is 1200. The molecule has 2 heterocycles. The molecule has 8 nitrogen and oxygen atoms in total. The van der Waals surface area contributed by atoms with E-state index in [9.17, 15) is 14.4 Å². The van der Waals surface area contributed by atoms with Crippen molar-refractivity contribution in [1.29, 1.82) is 0 Å². The minimum atomic E-state index is -0.378. The molecular formula is C23H17N3O5. The van der Waals surface area contributed by atoms with E-state index in [0.29, 0.717) is 28.2 Å². The maximum Gasteiger partial charge on any atom is 0.291 e. The standard InChI is InChI=1S/C23H17N3O5/c27-21(15-6-8-17(9-7-15)24-23(29)20-5-2-11-31-20)25-18-3-1-4-19(13-18)26-22(28)16-10-12-30-14-16/h1-14H,(H,24,29)(H,25,27)(H,26,28). The van der Waals surface area contributed by atoms with Gasteiger partial charge >= 0.3 is 0 Å². The molecule has 0 saturated heterocycles. The molecule has 2 aromatic carbocycles. The summed E-state index contributed by atoms with van der Waals surface area (Å²) in [6.45, 7) is 0. The lowest BCUT2D eigenvalue weighted by atomic mass is 10.2. The van der Waals surface area contributed by atoms with Crippen LogP contribution < -0.4 is 16.0 Å². The Morgan fingerprint density at radius 1 is 0.613 bits per heavy atom. The number of furan rings is 2. The van der Waals surface area contributed by atoms with Gasteiger partial charge in [0.2, 0.25) is 0 Å². The van der Waals surface area contributed by atoms with E-state index >= 15 is 0 Å². The summed E-state index contributed by atoms with van der Waals surface area (Å²) in [5, 5.41) is 8.20. The third-order valence-corrected chi connectivity index (χ3v) is 4.31. The monoisotopic (exact) mass is 415 g/mol. The number of anilines is 3. The highest BCUT2D eigenvalue weighted by atomic mass is 16.3. The number of nitrogens with one attached hydrogen (secondary N) is 3. The minimum Gasteiger partial charge on any atom is -0.472 e. The van der Waals surface area contributed by atoms with Gasteiger partial charge in [0.15, 0.2) is 5.76 Å². The quantitative estimate of drug-likeness (QED) is 0.425. The van der Waals surface area contributed by atoms with Crippen molar-refractivity contribution in [2.75, 3.05) is 16.0 Å². The van der Waals surface area contributed by atoms with Crippen molar-refractivity contribution < 1.29 is 23.2 Å². The molecule has 2 aromatic heterocycles. The van der Waals surface area contributed by atoms with E-state index in [0.717, 1.165) is 0 Å². The lowest BCUT2D eigenvalue weighted by Crippen LogP contribution is -2.14. The molecule has 8 heteroatoms. The number of carbonyl (C=O) groups excluding carboxylic acids is 3. The van der Waals surface area contributed by atoms with Gasteiger partial charge in [0.05, 0.1) is 18.1 Å². The van der Waals surface area contributed by atoms with Crippen LogP contribution in [0.4, 0.5) is 17.1 Å². The first-order valence-electron chi connectivity index (χ1n) is 9.28. The van der Waals surface area contributed by atoms with Crippen molar-refractivity contribution in [2.45, 2.75) is 0 Å². The minimum absolute atomic E-state index is 0.196. The Hall–Kier alpha value is -4.59. The first kappa shape index (κ1) is 19.7. The maximum absolute atomic E-state index is 12.5. The van der Waals surface area contributed by atoms with Gasteiger partial charge in [0.25, 0.3) is 17.7 Å². The van der Waals surface area contributed by atoms with Crippen molar-refractivity contribution in [3.05, 3.63) is 102 Å². The molecule has 0 aliphatic heterocycles. The lowest BCUT2D eigenvalue weighted by molar-refractivity contribution is 0.0994. The summed E-state index contributed by atoms with van der Waals surface area (Å²) < 4.78 is 9.94. The van der Waals surface area contributed by atoms with E-state index in [-0.39, 0.29) is 23.5 Å². The van der Waals surface area contributed by atoms with Crippen LogP contribution in [0, 0.1) is 0 Å². The summed E-state index contributed by atoms with van der Waals surface area (Å²) in [5.41, 5.74) is 2.38. The predicted octanol–water partition coefficient (Wildman–Crippen LogP) is 4.63. The van der Waals surface area contributed by atoms with Crippen LogP contribution in [0.25, 0.3) is 0 Å². The zero-order valence-electron chi connectivity index (χ0n) is 16.1. The van der Waals surface area contributed by atoms with Crippen molar-refractivity contribution in [1.82, 2.24) is 0 Å². The second-order valence-corrected chi connectivity index (χ2v) is 6.51. The average Bonchev–Trinajstić information content (AvgIpc) is 3.49. The maximum atomic E-state index is 12.5. The second kappa shape index (κ2) is 8.83. The lowest BCUT2D eigenvalue weighted by Gasteiger charge is -2.09. The van der Waals surface area contributed by atoms with Crippen LogP contribution in [0.3, 0.4) is 0 Å². The van der Waals surface area contributed by atoms with E-state index in [2.05, 4.69) is 16.0 Å². The largest absolute Gasteiger partial charge is 0.472 e. The molecule has 0 saturated carbocycles. The summed E-state index contributed by atoms with van der Waals surface area (Å²) in [6.07, 6.45) is 4.18. The fourth-order valence-corrected chi connectivity index (χ4v) is 2.78. The van der Waals surface area contributed by atoms with Crippen LogP contribution in [-0.4, -0.2) is 17.7 Å². The molecular weight excluding hydrogens is 398 g/mol. The molecule has 3 amide bonds. The normalized spacial score (nSPS) is 10.3. The molecule has 0 radical (unpaired) electrons. The van der Waals surface area contributed by atoms with Crippen LogP contribution >= 0.6 is 0 Å². The third-order valence-electron chi connectivity index (χ3n) is 4.31. The third kappa shape index (κ3) is 4.88. The molecule has 0 aliphatic carbocycles. The van der Waals surface area contributed by atoms with Crippen LogP contribution in [0.1, 0.15) is 31.3 Å². The van der Waals surface area contributed by atoms with E-state index in [4.69, 9.17) is 8.83 Å². The topological polar surface area (TPSA) is 114 Å². The predicted molar refractivity (Wildman–Crippen MR) is 114 cm³/mol. The van der Waals surface area contributed by atoms with Gasteiger partial charge in [-0.25, -0.2) is 0 Å². The average molecular weight is 415 g/mol. The Labute approximate surface area is 176 Å². The summed E-state index contributed by atoms with van der Waals surface area (Å²) in [5.74, 6) is -0.829. The van der Waals surface area contributed by atoms with Crippen molar-refractivity contribution in [3.8, 4) is 0 Å². The molecule has 0 spiro atoms. The molecule has 31 heavy (non-hydrogen) atoms. The van der Waals surface area contributed by atoms with Crippen molar-refractivity contribution >= 4 is 34.8 Å². The summed E-state index contributed by atoms with van der Waals surface area (Å²) >= 11 is 0. The molecule has 3 N–H and O–H groups in total. The molecule has 4 aromatic rings. The zero-order chi connectivity index (χ0) is 21.6. The van der Waals surface area contributed by atoms with Crippen LogP contribution in [0.5, 0.6) is 0 Å². The highest BCUT2D eigenvalue weighted by molar-refractivity contribution is 6.07. The fourth-order valence-electron chi connectivity index (χ4n) is 2.78. The van der Waals surface area contributed by atoms with Crippen molar-refractivity contribution in [2.24, 2.45) is 0 Å². The van der Waals surface area contributed by atoms with E-state index in [1.807, 2.05) is 0 Å². The first-order valence-corrected chi connectivity index (χ1v) is 9.28. The van der Waals surface area contributed by atoms with E-state index < -0.39 is 0 Å². The SMILES string of the molecule is O=C(Nc1cccc(NC(=O)c2ccoc2)c1)c1ccc(NC(=O)c2ccco2)cc1. The molecule has 0 atom stereocenters. The second-order valence-electron chi connectivity index (χ2n) is 6.51. The molecule has 0 unspecified atom stereocenters. The fraction of sp³-hybridized carbons (Fsp3) is 0. The Morgan fingerprint density at radius 2 is 1.29 bits per heavy atom. The number of benzene rings is 2. The van der Waals surface area contributed by atoms with Gasteiger partial charge in [-0.2, -0.15) is 0 Å². The summed E-state index contributed by atoms with van der Waals surface area (Å²) in [4.78, 5) is 36.7. The zero-order valence-corrected chi connectivity index (χ0v) is 16.1. The Morgan fingerprint density at radius 3 is 1.90 bits per heavy atom. The Balaban J connectivity index is 1.38. The van der Waals surface area contributed by atoms with Crippen LogP contribution in [-0.2, 0) is 0 Å². The van der Waals surface area contributed by atoms with E-state index in [1.54, 1.807) is 66.7 Å². The smallest absolute Gasteiger partial charge is 0.291 e. The number of amides is 3. The number of rotatable bonds is 6. The molecule has 0 fully saturated rings. The number of hydrogen-bond acceptors (Lipinski definition) is 5. The van der Waals surface area contributed by atoms with Crippen LogP contribution in [0.15, 0.2) is 94.4 Å². The van der Waals surface area contributed by atoms with Gasteiger partial charge in [-0.1, -0.05) is 6.07 Å². The molecule has 4 rings (SSSR count). The highest BCUT2D eigenvalue weighted by Crippen LogP contribution is 2.18. The molecule has 154 valence electrons.